The second-order valence-corrected chi connectivity index (χ2v) is 5.40. The second kappa shape index (κ2) is 6.01. The molecule has 0 radical (unpaired) electrons. The summed E-state index contributed by atoms with van der Waals surface area (Å²) in [5, 5.41) is 3.50. The van der Waals surface area contributed by atoms with Crippen LogP contribution in [-0.2, 0) is 13.1 Å². The van der Waals surface area contributed by atoms with Gasteiger partial charge < -0.3 is 10.2 Å². The lowest BCUT2D eigenvalue weighted by Crippen LogP contribution is -2.18. The third kappa shape index (κ3) is 3.54. The van der Waals surface area contributed by atoms with Gasteiger partial charge in [-0.3, -0.25) is 4.98 Å². The van der Waals surface area contributed by atoms with Gasteiger partial charge in [0, 0.05) is 44.8 Å². The van der Waals surface area contributed by atoms with Gasteiger partial charge in [0.15, 0.2) is 0 Å². The molecule has 0 aliphatic heterocycles. The van der Waals surface area contributed by atoms with E-state index in [1.54, 1.807) is 6.20 Å². The summed E-state index contributed by atoms with van der Waals surface area (Å²) in [5.74, 6) is 0.990. The maximum atomic E-state index is 4.54. The Balaban J connectivity index is 1.58. The third-order valence-corrected chi connectivity index (χ3v) is 3.51. The van der Waals surface area contributed by atoms with E-state index in [1.165, 1.54) is 24.0 Å². The standard InChI is InChI=1S/C16H20N4/c1-20(12-14-3-2-8-17-9-14)16-7-4-13(11-19-16)10-18-15-5-6-15/h2-4,7-9,11,15,18H,5-6,10,12H2,1H3. The lowest BCUT2D eigenvalue weighted by molar-refractivity contribution is 0.685. The summed E-state index contributed by atoms with van der Waals surface area (Å²) in [7, 11) is 2.05. The van der Waals surface area contributed by atoms with E-state index in [4.69, 9.17) is 0 Å². The zero-order valence-corrected chi connectivity index (χ0v) is 11.8. The van der Waals surface area contributed by atoms with Gasteiger partial charge in [-0.15, -0.1) is 0 Å². The molecule has 0 bridgehead atoms. The Morgan fingerprint density at radius 1 is 1.20 bits per heavy atom. The Bertz CT molecular complexity index is 534. The summed E-state index contributed by atoms with van der Waals surface area (Å²) in [6, 6.07) is 9.02. The lowest BCUT2D eigenvalue weighted by Gasteiger charge is -2.18. The molecule has 20 heavy (non-hydrogen) atoms. The van der Waals surface area contributed by atoms with Gasteiger partial charge in [0.25, 0.3) is 0 Å². The number of aromatic nitrogens is 2. The Kier molecular flexibility index (Phi) is 3.92. The average molecular weight is 268 g/mol. The van der Waals surface area contributed by atoms with Crippen molar-refractivity contribution in [1.29, 1.82) is 0 Å². The molecule has 0 spiro atoms. The minimum Gasteiger partial charge on any atom is -0.355 e. The van der Waals surface area contributed by atoms with Crippen molar-refractivity contribution in [3.8, 4) is 0 Å². The highest BCUT2D eigenvalue weighted by molar-refractivity contribution is 5.39. The fourth-order valence-corrected chi connectivity index (χ4v) is 2.14. The number of hydrogen-bond donors (Lipinski definition) is 1. The van der Waals surface area contributed by atoms with Crippen molar-refractivity contribution in [3.63, 3.8) is 0 Å². The Labute approximate surface area is 119 Å². The van der Waals surface area contributed by atoms with Crippen LogP contribution in [0.3, 0.4) is 0 Å². The molecular formula is C16H20N4. The molecule has 0 unspecified atom stereocenters. The summed E-state index contributed by atoms with van der Waals surface area (Å²) in [6.45, 7) is 1.74. The molecule has 4 heteroatoms. The number of rotatable bonds is 6. The third-order valence-electron chi connectivity index (χ3n) is 3.51. The van der Waals surface area contributed by atoms with Crippen molar-refractivity contribution in [2.24, 2.45) is 0 Å². The molecule has 1 saturated carbocycles. The highest BCUT2D eigenvalue weighted by Gasteiger charge is 2.19. The Hall–Kier alpha value is -1.94. The van der Waals surface area contributed by atoms with Crippen LogP contribution in [0.15, 0.2) is 42.9 Å². The molecule has 0 aromatic carbocycles. The average Bonchev–Trinajstić information content (AvgIpc) is 3.31. The highest BCUT2D eigenvalue weighted by atomic mass is 15.2. The van der Waals surface area contributed by atoms with Gasteiger partial charge in [0.05, 0.1) is 0 Å². The minimum absolute atomic E-state index is 0.739. The molecule has 1 fully saturated rings. The van der Waals surface area contributed by atoms with Crippen LogP contribution in [0, 0.1) is 0 Å². The predicted octanol–water partition coefficient (Wildman–Crippen LogP) is 2.37. The molecule has 0 amide bonds. The van der Waals surface area contributed by atoms with E-state index in [0.717, 1.165) is 24.9 Å². The molecule has 3 rings (SSSR count). The van der Waals surface area contributed by atoms with Crippen LogP contribution in [0.2, 0.25) is 0 Å². The van der Waals surface area contributed by atoms with Gasteiger partial charge in [0.1, 0.15) is 5.82 Å². The molecule has 2 heterocycles. The van der Waals surface area contributed by atoms with E-state index in [0.29, 0.717) is 0 Å². The maximum absolute atomic E-state index is 4.54. The summed E-state index contributed by atoms with van der Waals surface area (Å²) < 4.78 is 0. The molecule has 4 nitrogen and oxygen atoms in total. The second-order valence-electron chi connectivity index (χ2n) is 5.40. The van der Waals surface area contributed by atoms with Crippen LogP contribution < -0.4 is 10.2 Å². The van der Waals surface area contributed by atoms with Gasteiger partial charge >= 0.3 is 0 Å². The topological polar surface area (TPSA) is 41.1 Å². The molecule has 0 atom stereocenters. The normalized spacial score (nSPS) is 14.2. The molecule has 2 aromatic heterocycles. The zero-order valence-electron chi connectivity index (χ0n) is 11.8. The van der Waals surface area contributed by atoms with Crippen molar-refractivity contribution in [3.05, 3.63) is 54.0 Å². The van der Waals surface area contributed by atoms with E-state index >= 15 is 0 Å². The van der Waals surface area contributed by atoms with Gasteiger partial charge in [-0.05, 0) is 36.1 Å². The first kappa shape index (κ1) is 13.1. The fourth-order valence-electron chi connectivity index (χ4n) is 2.14. The smallest absolute Gasteiger partial charge is 0.128 e. The van der Waals surface area contributed by atoms with Gasteiger partial charge in [-0.1, -0.05) is 12.1 Å². The van der Waals surface area contributed by atoms with Crippen LogP contribution in [0.1, 0.15) is 24.0 Å². The number of pyridine rings is 2. The fraction of sp³-hybridized carbons (Fsp3) is 0.375. The van der Waals surface area contributed by atoms with Crippen molar-refractivity contribution in [2.75, 3.05) is 11.9 Å². The summed E-state index contributed by atoms with van der Waals surface area (Å²) in [5.41, 5.74) is 2.44. The molecule has 104 valence electrons. The SMILES string of the molecule is CN(Cc1cccnc1)c1ccc(CNC2CC2)cn1. The van der Waals surface area contributed by atoms with Crippen LogP contribution in [0.25, 0.3) is 0 Å². The lowest BCUT2D eigenvalue weighted by atomic mass is 10.2. The zero-order chi connectivity index (χ0) is 13.8. The molecule has 0 saturated heterocycles. The monoisotopic (exact) mass is 268 g/mol. The van der Waals surface area contributed by atoms with E-state index in [1.807, 2.05) is 18.5 Å². The van der Waals surface area contributed by atoms with E-state index in [9.17, 15) is 0 Å². The van der Waals surface area contributed by atoms with Crippen molar-refractivity contribution < 1.29 is 0 Å². The van der Waals surface area contributed by atoms with Gasteiger partial charge in [-0.25, -0.2) is 4.98 Å². The highest BCUT2D eigenvalue weighted by Crippen LogP contribution is 2.19. The summed E-state index contributed by atoms with van der Waals surface area (Å²) in [4.78, 5) is 10.8. The minimum atomic E-state index is 0.739. The van der Waals surface area contributed by atoms with E-state index < -0.39 is 0 Å². The first-order chi connectivity index (χ1) is 9.81. The van der Waals surface area contributed by atoms with Crippen LogP contribution >= 0.6 is 0 Å². The first-order valence-electron chi connectivity index (χ1n) is 7.09. The number of hydrogen-bond acceptors (Lipinski definition) is 4. The molecule has 2 aromatic rings. The number of anilines is 1. The number of nitrogens with zero attached hydrogens (tertiary/aromatic N) is 3. The molecule has 1 N–H and O–H groups in total. The van der Waals surface area contributed by atoms with Crippen molar-refractivity contribution in [2.45, 2.75) is 32.0 Å². The molecule has 1 aliphatic rings. The summed E-state index contributed by atoms with van der Waals surface area (Å²) in [6.07, 6.45) is 8.29. The Morgan fingerprint density at radius 3 is 2.75 bits per heavy atom. The first-order valence-corrected chi connectivity index (χ1v) is 7.09. The largest absolute Gasteiger partial charge is 0.355 e. The van der Waals surface area contributed by atoms with Crippen molar-refractivity contribution in [1.82, 2.24) is 15.3 Å². The van der Waals surface area contributed by atoms with E-state index in [2.05, 4.69) is 45.4 Å². The summed E-state index contributed by atoms with van der Waals surface area (Å²) >= 11 is 0. The number of nitrogens with one attached hydrogen (secondary N) is 1. The van der Waals surface area contributed by atoms with Crippen LogP contribution in [0.5, 0.6) is 0 Å². The van der Waals surface area contributed by atoms with Gasteiger partial charge in [0.2, 0.25) is 0 Å². The quantitative estimate of drug-likeness (QED) is 0.873. The van der Waals surface area contributed by atoms with Gasteiger partial charge in [-0.2, -0.15) is 0 Å². The van der Waals surface area contributed by atoms with Crippen molar-refractivity contribution >= 4 is 5.82 Å². The molecular weight excluding hydrogens is 248 g/mol. The predicted molar refractivity (Wildman–Crippen MR) is 80.4 cm³/mol. The van der Waals surface area contributed by atoms with Crippen LogP contribution in [-0.4, -0.2) is 23.1 Å². The Morgan fingerprint density at radius 2 is 2.10 bits per heavy atom. The molecule has 1 aliphatic carbocycles. The van der Waals surface area contributed by atoms with E-state index in [-0.39, 0.29) is 0 Å². The van der Waals surface area contributed by atoms with Crippen LogP contribution in [0.4, 0.5) is 5.82 Å². The maximum Gasteiger partial charge on any atom is 0.128 e.